The zero-order chi connectivity index (χ0) is 12.8. The first-order valence-corrected chi connectivity index (χ1v) is 7.90. The van der Waals surface area contributed by atoms with Crippen LogP contribution in [0, 0.1) is 11.8 Å². The molecule has 0 bridgehead atoms. The molecule has 0 amide bonds. The van der Waals surface area contributed by atoms with E-state index in [4.69, 9.17) is 0 Å². The van der Waals surface area contributed by atoms with Gasteiger partial charge in [-0.3, -0.25) is 4.98 Å². The van der Waals surface area contributed by atoms with E-state index in [0.717, 1.165) is 29.3 Å². The van der Waals surface area contributed by atoms with Crippen molar-refractivity contribution in [3.05, 3.63) is 28.5 Å². The second-order valence-corrected chi connectivity index (χ2v) is 6.24. The van der Waals surface area contributed by atoms with E-state index in [0.29, 0.717) is 0 Å². The van der Waals surface area contributed by atoms with Gasteiger partial charge in [0.05, 0.1) is 0 Å². The Labute approximate surface area is 119 Å². The van der Waals surface area contributed by atoms with Crippen LogP contribution < -0.4 is 5.32 Å². The van der Waals surface area contributed by atoms with Gasteiger partial charge in [-0.1, -0.05) is 13.3 Å². The van der Waals surface area contributed by atoms with Crippen molar-refractivity contribution in [2.45, 2.75) is 39.0 Å². The predicted octanol–water partition coefficient (Wildman–Crippen LogP) is 3.80. The van der Waals surface area contributed by atoms with Gasteiger partial charge in [-0.25, -0.2) is 0 Å². The van der Waals surface area contributed by atoms with E-state index in [1.165, 1.54) is 37.9 Å². The van der Waals surface area contributed by atoms with Gasteiger partial charge in [0, 0.05) is 16.4 Å². The maximum atomic E-state index is 4.51. The second kappa shape index (κ2) is 7.25. The van der Waals surface area contributed by atoms with Crippen molar-refractivity contribution in [1.29, 1.82) is 0 Å². The summed E-state index contributed by atoms with van der Waals surface area (Å²) < 4.78 is 1.07. The van der Waals surface area contributed by atoms with Gasteiger partial charge in [0.1, 0.15) is 0 Å². The monoisotopic (exact) mass is 310 g/mol. The van der Waals surface area contributed by atoms with Crippen LogP contribution in [0.25, 0.3) is 0 Å². The van der Waals surface area contributed by atoms with Crippen molar-refractivity contribution < 1.29 is 0 Å². The highest BCUT2D eigenvalue weighted by molar-refractivity contribution is 9.10. The third kappa shape index (κ3) is 4.06. The summed E-state index contributed by atoms with van der Waals surface area (Å²) in [5.41, 5.74) is 1.24. The molecule has 0 radical (unpaired) electrons. The fourth-order valence-corrected chi connectivity index (χ4v) is 3.15. The van der Waals surface area contributed by atoms with Gasteiger partial charge >= 0.3 is 0 Å². The summed E-state index contributed by atoms with van der Waals surface area (Å²) in [5.74, 6) is 1.67. The Morgan fingerprint density at radius 2 is 2.17 bits per heavy atom. The molecule has 2 nitrogen and oxygen atoms in total. The number of rotatable bonds is 6. The SMILES string of the molecule is CCCNCC1CCCC1Cc1ccc(Br)cn1. The van der Waals surface area contributed by atoms with Gasteiger partial charge in [-0.15, -0.1) is 0 Å². The Morgan fingerprint density at radius 3 is 2.89 bits per heavy atom. The van der Waals surface area contributed by atoms with Crippen molar-refractivity contribution in [2.75, 3.05) is 13.1 Å². The van der Waals surface area contributed by atoms with Gasteiger partial charge in [0.2, 0.25) is 0 Å². The van der Waals surface area contributed by atoms with Crippen molar-refractivity contribution in [3.63, 3.8) is 0 Å². The average molecular weight is 311 g/mol. The van der Waals surface area contributed by atoms with Crippen LogP contribution in [0.2, 0.25) is 0 Å². The van der Waals surface area contributed by atoms with Gasteiger partial charge in [0.25, 0.3) is 0 Å². The van der Waals surface area contributed by atoms with Crippen LogP contribution in [-0.2, 0) is 6.42 Å². The number of pyridine rings is 1. The summed E-state index contributed by atoms with van der Waals surface area (Å²) in [6.45, 7) is 4.57. The van der Waals surface area contributed by atoms with Crippen LogP contribution in [0.1, 0.15) is 38.3 Å². The maximum Gasteiger partial charge on any atom is 0.0413 e. The van der Waals surface area contributed by atoms with Crippen molar-refractivity contribution >= 4 is 15.9 Å². The Balaban J connectivity index is 1.85. The summed E-state index contributed by atoms with van der Waals surface area (Å²) in [7, 11) is 0. The molecule has 2 rings (SSSR count). The number of aromatic nitrogens is 1. The number of hydrogen-bond acceptors (Lipinski definition) is 2. The quantitative estimate of drug-likeness (QED) is 0.808. The highest BCUT2D eigenvalue weighted by atomic mass is 79.9. The van der Waals surface area contributed by atoms with Crippen LogP contribution in [0.3, 0.4) is 0 Å². The van der Waals surface area contributed by atoms with Gasteiger partial charge in [-0.2, -0.15) is 0 Å². The standard InChI is InChI=1S/C15H23BrN2/c1-2-8-17-10-13-5-3-4-12(13)9-15-7-6-14(16)11-18-15/h6-7,11-13,17H,2-5,8-10H2,1H3. The van der Waals surface area contributed by atoms with Gasteiger partial charge in [0.15, 0.2) is 0 Å². The fraction of sp³-hybridized carbons (Fsp3) is 0.667. The van der Waals surface area contributed by atoms with E-state index in [1.807, 2.05) is 6.20 Å². The Kier molecular flexibility index (Phi) is 5.64. The first-order valence-electron chi connectivity index (χ1n) is 7.10. The number of halogens is 1. The lowest BCUT2D eigenvalue weighted by Gasteiger charge is -2.19. The second-order valence-electron chi connectivity index (χ2n) is 5.33. The predicted molar refractivity (Wildman–Crippen MR) is 79.6 cm³/mol. The topological polar surface area (TPSA) is 24.9 Å². The van der Waals surface area contributed by atoms with Gasteiger partial charge in [-0.05, 0) is 78.7 Å². The molecule has 100 valence electrons. The summed E-state index contributed by atoms with van der Waals surface area (Å²) >= 11 is 3.44. The van der Waals surface area contributed by atoms with Crippen LogP contribution in [0.5, 0.6) is 0 Å². The molecule has 2 atom stereocenters. The molecule has 3 heteroatoms. The molecule has 0 spiro atoms. The molecule has 1 aromatic rings. The zero-order valence-corrected chi connectivity index (χ0v) is 12.7. The Bertz CT molecular complexity index is 350. The zero-order valence-electron chi connectivity index (χ0n) is 11.2. The minimum Gasteiger partial charge on any atom is -0.316 e. The lowest BCUT2D eigenvalue weighted by molar-refractivity contribution is 0.363. The van der Waals surface area contributed by atoms with Crippen LogP contribution in [-0.4, -0.2) is 18.1 Å². The first kappa shape index (κ1) is 14.0. The number of nitrogens with one attached hydrogen (secondary N) is 1. The van der Waals surface area contributed by atoms with Crippen LogP contribution >= 0.6 is 15.9 Å². The first-order chi connectivity index (χ1) is 8.79. The molecule has 1 saturated carbocycles. The largest absolute Gasteiger partial charge is 0.316 e. The van der Waals surface area contributed by atoms with E-state index in [1.54, 1.807) is 0 Å². The van der Waals surface area contributed by atoms with Gasteiger partial charge < -0.3 is 5.32 Å². The maximum absolute atomic E-state index is 4.51. The molecule has 1 heterocycles. The molecule has 0 saturated heterocycles. The smallest absolute Gasteiger partial charge is 0.0413 e. The summed E-state index contributed by atoms with van der Waals surface area (Å²) in [5, 5.41) is 3.57. The van der Waals surface area contributed by atoms with Crippen molar-refractivity contribution in [3.8, 4) is 0 Å². The van der Waals surface area contributed by atoms with E-state index in [2.05, 4.69) is 45.3 Å². The fourth-order valence-electron chi connectivity index (χ4n) is 2.91. The van der Waals surface area contributed by atoms with Crippen LogP contribution in [0.15, 0.2) is 22.8 Å². The molecule has 0 aliphatic heterocycles. The minimum atomic E-state index is 0.822. The molecule has 1 aliphatic carbocycles. The lowest BCUT2D eigenvalue weighted by Crippen LogP contribution is -2.26. The average Bonchev–Trinajstić information content (AvgIpc) is 2.80. The number of hydrogen-bond donors (Lipinski definition) is 1. The summed E-state index contributed by atoms with van der Waals surface area (Å²) in [6.07, 6.45) is 8.43. The Hall–Kier alpha value is -0.410. The van der Waals surface area contributed by atoms with Crippen molar-refractivity contribution in [2.24, 2.45) is 11.8 Å². The third-order valence-corrected chi connectivity index (χ3v) is 4.38. The highest BCUT2D eigenvalue weighted by Crippen LogP contribution is 2.33. The molecule has 2 unspecified atom stereocenters. The molecule has 18 heavy (non-hydrogen) atoms. The molecule has 1 fully saturated rings. The molecule has 0 aromatic carbocycles. The molecule has 1 aromatic heterocycles. The highest BCUT2D eigenvalue weighted by Gasteiger charge is 2.27. The van der Waals surface area contributed by atoms with E-state index >= 15 is 0 Å². The summed E-state index contributed by atoms with van der Waals surface area (Å²) in [4.78, 5) is 4.51. The third-order valence-electron chi connectivity index (χ3n) is 3.91. The molecule has 1 aliphatic rings. The van der Waals surface area contributed by atoms with E-state index < -0.39 is 0 Å². The normalized spacial score (nSPS) is 23.4. The molecular formula is C15H23BrN2. The number of nitrogens with zero attached hydrogens (tertiary/aromatic N) is 1. The molecule has 1 N–H and O–H groups in total. The lowest BCUT2D eigenvalue weighted by atomic mass is 9.91. The van der Waals surface area contributed by atoms with Crippen LogP contribution in [0.4, 0.5) is 0 Å². The van der Waals surface area contributed by atoms with E-state index in [-0.39, 0.29) is 0 Å². The van der Waals surface area contributed by atoms with E-state index in [9.17, 15) is 0 Å². The molecular weight excluding hydrogens is 288 g/mol. The minimum absolute atomic E-state index is 0.822. The summed E-state index contributed by atoms with van der Waals surface area (Å²) in [6, 6.07) is 4.25. The van der Waals surface area contributed by atoms with Crippen molar-refractivity contribution in [1.82, 2.24) is 10.3 Å². The Morgan fingerprint density at radius 1 is 1.33 bits per heavy atom.